The van der Waals surface area contributed by atoms with Gasteiger partial charge in [0.15, 0.2) is 0 Å². The number of ether oxygens (including phenoxy) is 2. The minimum Gasteiger partial charge on any atom is -0.462 e. The van der Waals surface area contributed by atoms with E-state index in [-0.39, 0.29) is 18.1 Å². The van der Waals surface area contributed by atoms with Crippen molar-refractivity contribution >= 4 is 22.5 Å². The van der Waals surface area contributed by atoms with Crippen LogP contribution < -0.4 is 5.32 Å². The third-order valence-corrected chi connectivity index (χ3v) is 4.75. The fourth-order valence-electron chi connectivity index (χ4n) is 2.74. The molecule has 1 N–H and O–H groups in total. The maximum Gasteiger partial charge on any atom is 0.343 e. The van der Waals surface area contributed by atoms with Crippen LogP contribution >= 0.6 is 11.5 Å². The summed E-state index contributed by atoms with van der Waals surface area (Å²) in [7, 11) is 0. The number of nitrogens with zero attached hydrogens (tertiary/aromatic N) is 1. The van der Waals surface area contributed by atoms with Crippen LogP contribution in [0.1, 0.15) is 42.2 Å². The second-order valence-electron chi connectivity index (χ2n) is 5.40. The average Bonchev–Trinajstić information content (AvgIpc) is 3.05. The number of aromatic nitrogens is 1. The van der Waals surface area contributed by atoms with Gasteiger partial charge in [0.2, 0.25) is 0 Å². The largest absolute Gasteiger partial charge is 0.462 e. The Morgan fingerprint density at radius 2 is 2.30 bits per heavy atom. The van der Waals surface area contributed by atoms with Crippen molar-refractivity contribution in [3.8, 4) is 0 Å². The van der Waals surface area contributed by atoms with Crippen LogP contribution in [0.3, 0.4) is 0 Å². The van der Waals surface area contributed by atoms with E-state index in [9.17, 15) is 4.79 Å². The maximum atomic E-state index is 12.0. The van der Waals surface area contributed by atoms with E-state index in [0.29, 0.717) is 18.1 Å². The quantitative estimate of drug-likeness (QED) is 0.846. The van der Waals surface area contributed by atoms with Crippen LogP contribution in [0, 0.1) is 12.8 Å². The number of carbonyl (C=O) groups is 1. The molecule has 2 aliphatic rings. The Morgan fingerprint density at radius 1 is 1.50 bits per heavy atom. The Labute approximate surface area is 122 Å². The Balaban J connectivity index is 1.75. The number of nitrogens with one attached hydrogen (secondary N) is 1. The van der Waals surface area contributed by atoms with E-state index in [1.165, 1.54) is 24.4 Å². The van der Waals surface area contributed by atoms with Crippen molar-refractivity contribution in [2.24, 2.45) is 5.92 Å². The van der Waals surface area contributed by atoms with Gasteiger partial charge >= 0.3 is 5.97 Å². The van der Waals surface area contributed by atoms with Gasteiger partial charge < -0.3 is 14.8 Å². The first-order chi connectivity index (χ1) is 9.70. The highest BCUT2D eigenvalue weighted by atomic mass is 32.1. The highest BCUT2D eigenvalue weighted by molar-refractivity contribution is 7.10. The van der Waals surface area contributed by atoms with Crippen molar-refractivity contribution in [3.05, 3.63) is 11.3 Å². The second-order valence-corrected chi connectivity index (χ2v) is 6.18. The maximum absolute atomic E-state index is 12.0. The summed E-state index contributed by atoms with van der Waals surface area (Å²) >= 11 is 1.33. The fraction of sp³-hybridized carbons (Fsp3) is 0.714. The van der Waals surface area contributed by atoms with Crippen molar-refractivity contribution in [1.29, 1.82) is 0 Å². The van der Waals surface area contributed by atoms with E-state index in [1.54, 1.807) is 0 Å². The number of esters is 1. The van der Waals surface area contributed by atoms with E-state index in [4.69, 9.17) is 9.47 Å². The summed E-state index contributed by atoms with van der Waals surface area (Å²) in [6.45, 7) is 4.83. The Kier molecular flexibility index (Phi) is 3.94. The fourth-order valence-corrected chi connectivity index (χ4v) is 3.58. The SMILES string of the molecule is CCOC(=O)c1c(C)nsc1NC1CCOC1C1CC1. The van der Waals surface area contributed by atoms with Gasteiger partial charge in [-0.3, -0.25) is 0 Å². The molecule has 2 heterocycles. The molecule has 5 nitrogen and oxygen atoms in total. The highest BCUT2D eigenvalue weighted by Gasteiger charge is 2.41. The Morgan fingerprint density at radius 3 is 3.00 bits per heavy atom. The number of hydrogen-bond donors (Lipinski definition) is 1. The lowest BCUT2D eigenvalue weighted by atomic mass is 10.1. The summed E-state index contributed by atoms with van der Waals surface area (Å²) in [6, 6.07) is 0.288. The molecule has 1 aliphatic carbocycles. The number of hydrogen-bond acceptors (Lipinski definition) is 6. The predicted molar refractivity (Wildman–Crippen MR) is 77.3 cm³/mol. The van der Waals surface area contributed by atoms with Crippen molar-refractivity contribution in [1.82, 2.24) is 4.37 Å². The summed E-state index contributed by atoms with van der Waals surface area (Å²) < 4.78 is 15.2. The van der Waals surface area contributed by atoms with Crippen LogP contribution in [-0.4, -0.2) is 35.7 Å². The van der Waals surface area contributed by atoms with Gasteiger partial charge in [0.05, 0.1) is 24.4 Å². The van der Waals surface area contributed by atoms with E-state index in [0.717, 1.165) is 23.7 Å². The monoisotopic (exact) mass is 296 g/mol. The zero-order valence-corrected chi connectivity index (χ0v) is 12.7. The molecular formula is C14H20N2O3S. The van der Waals surface area contributed by atoms with Gasteiger partial charge in [-0.2, -0.15) is 4.37 Å². The van der Waals surface area contributed by atoms with E-state index < -0.39 is 0 Å². The normalized spacial score (nSPS) is 25.7. The third kappa shape index (κ3) is 2.67. The summed E-state index contributed by atoms with van der Waals surface area (Å²) in [5.41, 5.74) is 1.32. The number of rotatable bonds is 5. The lowest BCUT2D eigenvalue weighted by Gasteiger charge is -2.20. The first-order valence-corrected chi connectivity index (χ1v) is 7.99. The number of aryl methyl sites for hydroxylation is 1. The van der Waals surface area contributed by atoms with E-state index in [1.807, 2.05) is 13.8 Å². The molecule has 110 valence electrons. The minimum absolute atomic E-state index is 0.285. The van der Waals surface area contributed by atoms with Crippen LogP contribution in [0.5, 0.6) is 0 Å². The molecule has 0 aromatic carbocycles. The second kappa shape index (κ2) is 5.69. The molecule has 1 aliphatic heterocycles. The standard InChI is InChI=1S/C14H20N2O3S/c1-3-18-14(17)11-8(2)16-20-13(11)15-10-6-7-19-12(10)9-4-5-9/h9-10,12,15H,3-7H2,1-2H3. The summed E-state index contributed by atoms with van der Waals surface area (Å²) in [4.78, 5) is 12.0. The lowest BCUT2D eigenvalue weighted by molar-refractivity contribution is 0.0526. The third-order valence-electron chi connectivity index (χ3n) is 3.88. The van der Waals surface area contributed by atoms with Gasteiger partial charge in [0.25, 0.3) is 0 Å². The van der Waals surface area contributed by atoms with Crippen molar-refractivity contribution < 1.29 is 14.3 Å². The molecule has 1 saturated carbocycles. The first kappa shape index (κ1) is 13.8. The molecule has 2 fully saturated rings. The smallest absolute Gasteiger partial charge is 0.343 e. The molecule has 2 unspecified atom stereocenters. The van der Waals surface area contributed by atoms with E-state index >= 15 is 0 Å². The molecule has 1 aromatic heterocycles. The molecule has 0 bridgehead atoms. The molecule has 3 rings (SSSR count). The number of anilines is 1. The molecule has 0 amide bonds. The van der Waals surface area contributed by atoms with Crippen LogP contribution in [0.15, 0.2) is 0 Å². The van der Waals surface area contributed by atoms with Gasteiger partial charge in [-0.05, 0) is 50.6 Å². The zero-order chi connectivity index (χ0) is 14.1. The van der Waals surface area contributed by atoms with Gasteiger partial charge in [0, 0.05) is 6.61 Å². The van der Waals surface area contributed by atoms with Crippen molar-refractivity contribution in [2.75, 3.05) is 18.5 Å². The van der Waals surface area contributed by atoms with Gasteiger partial charge in [0.1, 0.15) is 10.6 Å². The molecule has 1 aromatic rings. The molecule has 2 atom stereocenters. The van der Waals surface area contributed by atoms with Crippen LogP contribution in [0.2, 0.25) is 0 Å². The molecule has 20 heavy (non-hydrogen) atoms. The molecule has 6 heteroatoms. The van der Waals surface area contributed by atoms with Crippen molar-refractivity contribution in [2.45, 2.75) is 45.3 Å². The van der Waals surface area contributed by atoms with Gasteiger partial charge in [-0.1, -0.05) is 0 Å². The summed E-state index contributed by atoms with van der Waals surface area (Å²) in [6.07, 6.45) is 3.79. The highest BCUT2D eigenvalue weighted by Crippen LogP contribution is 2.40. The van der Waals surface area contributed by atoms with E-state index in [2.05, 4.69) is 9.69 Å². The molecule has 0 spiro atoms. The lowest BCUT2D eigenvalue weighted by Crippen LogP contribution is -2.31. The zero-order valence-electron chi connectivity index (χ0n) is 11.8. The molecular weight excluding hydrogens is 276 g/mol. The number of carbonyl (C=O) groups excluding carboxylic acids is 1. The van der Waals surface area contributed by atoms with Crippen LogP contribution in [-0.2, 0) is 9.47 Å². The predicted octanol–water partition coefficient (Wildman–Crippen LogP) is 2.61. The van der Waals surface area contributed by atoms with Gasteiger partial charge in [-0.15, -0.1) is 0 Å². The first-order valence-electron chi connectivity index (χ1n) is 7.22. The van der Waals surface area contributed by atoms with Crippen molar-refractivity contribution in [3.63, 3.8) is 0 Å². The van der Waals surface area contributed by atoms with Crippen LogP contribution in [0.25, 0.3) is 0 Å². The van der Waals surface area contributed by atoms with Gasteiger partial charge in [-0.25, -0.2) is 4.79 Å². The topological polar surface area (TPSA) is 60.5 Å². The molecule has 0 radical (unpaired) electrons. The van der Waals surface area contributed by atoms with Crippen LogP contribution in [0.4, 0.5) is 5.00 Å². The summed E-state index contributed by atoms with van der Waals surface area (Å²) in [5, 5.41) is 4.29. The minimum atomic E-state index is -0.289. The molecule has 1 saturated heterocycles. The average molecular weight is 296 g/mol. The Bertz CT molecular complexity index is 499. The summed E-state index contributed by atoms with van der Waals surface area (Å²) in [5.74, 6) is 0.401. The Hall–Kier alpha value is -1.14.